The molecule has 1 aliphatic carbocycles. The predicted molar refractivity (Wildman–Crippen MR) is 54.6 cm³/mol. The Kier molecular flexibility index (Phi) is 2.45. The van der Waals surface area contributed by atoms with Gasteiger partial charge in [-0.1, -0.05) is 24.1 Å². The molecule has 70 valence electrons. The van der Waals surface area contributed by atoms with Crippen LogP contribution in [0.3, 0.4) is 0 Å². The van der Waals surface area contributed by atoms with Gasteiger partial charge < -0.3 is 4.74 Å². The first-order valence-corrected chi connectivity index (χ1v) is 5.02. The van der Waals surface area contributed by atoms with Gasteiger partial charge in [-0.05, 0) is 36.5 Å². The van der Waals surface area contributed by atoms with Gasteiger partial charge in [0, 0.05) is 5.02 Å². The summed E-state index contributed by atoms with van der Waals surface area (Å²) in [6, 6.07) is 5.97. The van der Waals surface area contributed by atoms with Gasteiger partial charge in [-0.2, -0.15) is 0 Å². The third-order valence-corrected chi connectivity index (χ3v) is 3.08. The molecule has 0 saturated heterocycles. The van der Waals surface area contributed by atoms with E-state index in [1.807, 2.05) is 12.1 Å². The molecule has 1 saturated carbocycles. The maximum Gasteiger partial charge on any atom is 0.120 e. The van der Waals surface area contributed by atoms with Crippen LogP contribution in [0, 0.1) is 0 Å². The zero-order valence-corrected chi connectivity index (χ0v) is 8.47. The van der Waals surface area contributed by atoms with Crippen LogP contribution in [0.25, 0.3) is 0 Å². The molecular weight excluding hydrogens is 184 g/mol. The standard InChI is InChI=1S/C11H13ClO/c1-13-9-5-6-10(11(12)7-9)8-3-2-4-8/h5-8H,2-4H2,1H3. The van der Waals surface area contributed by atoms with Gasteiger partial charge in [-0.15, -0.1) is 0 Å². The molecule has 1 aromatic rings. The highest BCUT2D eigenvalue weighted by molar-refractivity contribution is 6.31. The summed E-state index contributed by atoms with van der Waals surface area (Å²) in [4.78, 5) is 0. The van der Waals surface area contributed by atoms with Crippen LogP contribution in [0.15, 0.2) is 18.2 Å². The number of ether oxygens (including phenoxy) is 1. The molecular formula is C11H13ClO. The lowest BCUT2D eigenvalue weighted by Crippen LogP contribution is -2.09. The molecule has 0 radical (unpaired) electrons. The SMILES string of the molecule is COc1ccc(C2CCC2)c(Cl)c1. The highest BCUT2D eigenvalue weighted by Crippen LogP contribution is 2.40. The van der Waals surface area contributed by atoms with Crippen molar-refractivity contribution >= 4 is 11.6 Å². The second-order valence-electron chi connectivity index (χ2n) is 3.52. The van der Waals surface area contributed by atoms with E-state index in [9.17, 15) is 0 Å². The third-order valence-electron chi connectivity index (χ3n) is 2.75. The largest absolute Gasteiger partial charge is 0.497 e. The first-order chi connectivity index (χ1) is 6.31. The van der Waals surface area contributed by atoms with E-state index in [1.54, 1.807) is 7.11 Å². The monoisotopic (exact) mass is 196 g/mol. The second-order valence-corrected chi connectivity index (χ2v) is 3.92. The number of hydrogen-bond acceptors (Lipinski definition) is 1. The number of benzene rings is 1. The van der Waals surface area contributed by atoms with Crippen LogP contribution in [0.5, 0.6) is 5.75 Å². The second kappa shape index (κ2) is 3.59. The van der Waals surface area contributed by atoms with E-state index >= 15 is 0 Å². The lowest BCUT2D eigenvalue weighted by molar-refractivity contribution is 0.409. The van der Waals surface area contributed by atoms with Crippen molar-refractivity contribution in [3.8, 4) is 5.75 Å². The highest BCUT2D eigenvalue weighted by Gasteiger charge is 2.21. The minimum atomic E-state index is 0.693. The van der Waals surface area contributed by atoms with Crippen molar-refractivity contribution in [2.45, 2.75) is 25.2 Å². The van der Waals surface area contributed by atoms with Gasteiger partial charge in [0.05, 0.1) is 7.11 Å². The van der Waals surface area contributed by atoms with Crippen molar-refractivity contribution in [3.63, 3.8) is 0 Å². The van der Waals surface area contributed by atoms with Crippen molar-refractivity contribution in [2.24, 2.45) is 0 Å². The molecule has 1 aliphatic rings. The molecule has 1 aromatic carbocycles. The van der Waals surface area contributed by atoms with Crippen molar-refractivity contribution in [1.82, 2.24) is 0 Å². The molecule has 1 fully saturated rings. The molecule has 0 bridgehead atoms. The zero-order chi connectivity index (χ0) is 9.26. The topological polar surface area (TPSA) is 9.23 Å². The number of hydrogen-bond donors (Lipinski definition) is 0. The van der Waals surface area contributed by atoms with Crippen LogP contribution in [0.4, 0.5) is 0 Å². The smallest absolute Gasteiger partial charge is 0.120 e. The molecule has 0 aromatic heterocycles. The normalized spacial score (nSPS) is 16.8. The van der Waals surface area contributed by atoms with E-state index in [-0.39, 0.29) is 0 Å². The van der Waals surface area contributed by atoms with Gasteiger partial charge in [0.2, 0.25) is 0 Å². The quantitative estimate of drug-likeness (QED) is 0.702. The maximum atomic E-state index is 6.14. The molecule has 0 amide bonds. The van der Waals surface area contributed by atoms with Gasteiger partial charge in [-0.25, -0.2) is 0 Å². The molecule has 0 aliphatic heterocycles. The minimum Gasteiger partial charge on any atom is -0.497 e. The molecule has 2 heteroatoms. The molecule has 13 heavy (non-hydrogen) atoms. The Hall–Kier alpha value is -0.690. The van der Waals surface area contributed by atoms with Gasteiger partial charge in [0.1, 0.15) is 5.75 Å². The Bertz CT molecular complexity index is 305. The summed E-state index contributed by atoms with van der Waals surface area (Å²) in [6.45, 7) is 0. The molecule has 0 atom stereocenters. The number of methoxy groups -OCH3 is 1. The molecule has 0 N–H and O–H groups in total. The van der Waals surface area contributed by atoms with E-state index in [2.05, 4.69) is 6.07 Å². The van der Waals surface area contributed by atoms with Gasteiger partial charge in [0.25, 0.3) is 0 Å². The summed E-state index contributed by atoms with van der Waals surface area (Å²) in [7, 11) is 1.66. The minimum absolute atomic E-state index is 0.693. The summed E-state index contributed by atoms with van der Waals surface area (Å²) in [5, 5.41) is 0.851. The fourth-order valence-corrected chi connectivity index (χ4v) is 2.01. The van der Waals surface area contributed by atoms with Crippen molar-refractivity contribution in [1.29, 1.82) is 0 Å². The Balaban J connectivity index is 2.26. The zero-order valence-electron chi connectivity index (χ0n) is 7.72. The molecule has 1 nitrogen and oxygen atoms in total. The van der Waals surface area contributed by atoms with Crippen LogP contribution < -0.4 is 4.74 Å². The van der Waals surface area contributed by atoms with E-state index in [0.717, 1.165) is 10.8 Å². The molecule has 0 spiro atoms. The van der Waals surface area contributed by atoms with Crippen molar-refractivity contribution in [3.05, 3.63) is 28.8 Å². The summed E-state index contributed by atoms with van der Waals surface area (Å²) in [5.41, 5.74) is 1.29. The van der Waals surface area contributed by atoms with Crippen LogP contribution in [-0.2, 0) is 0 Å². The highest BCUT2D eigenvalue weighted by atomic mass is 35.5. The van der Waals surface area contributed by atoms with Crippen LogP contribution in [0.1, 0.15) is 30.7 Å². The third kappa shape index (κ3) is 1.66. The lowest BCUT2D eigenvalue weighted by atomic mass is 9.80. The maximum absolute atomic E-state index is 6.14. The van der Waals surface area contributed by atoms with Crippen LogP contribution in [0.2, 0.25) is 5.02 Å². The Morgan fingerprint density at radius 3 is 2.62 bits per heavy atom. The summed E-state index contributed by atoms with van der Waals surface area (Å²) in [6.07, 6.45) is 3.91. The predicted octanol–water partition coefficient (Wildman–Crippen LogP) is 3.62. The lowest BCUT2D eigenvalue weighted by Gasteiger charge is -2.26. The van der Waals surface area contributed by atoms with E-state index < -0.39 is 0 Å². The molecule has 0 unspecified atom stereocenters. The van der Waals surface area contributed by atoms with E-state index in [1.165, 1.54) is 24.8 Å². The Morgan fingerprint density at radius 1 is 1.38 bits per heavy atom. The molecule has 0 heterocycles. The fourth-order valence-electron chi connectivity index (χ4n) is 1.69. The number of rotatable bonds is 2. The average Bonchev–Trinajstić information content (AvgIpc) is 2.05. The first-order valence-electron chi connectivity index (χ1n) is 4.64. The Labute approximate surface area is 83.7 Å². The number of halogens is 1. The Morgan fingerprint density at radius 2 is 2.15 bits per heavy atom. The summed E-state index contributed by atoms with van der Waals surface area (Å²) >= 11 is 6.14. The van der Waals surface area contributed by atoms with Crippen LogP contribution in [-0.4, -0.2) is 7.11 Å². The van der Waals surface area contributed by atoms with Gasteiger partial charge >= 0.3 is 0 Å². The van der Waals surface area contributed by atoms with Gasteiger partial charge in [-0.3, -0.25) is 0 Å². The summed E-state index contributed by atoms with van der Waals surface area (Å²) in [5.74, 6) is 1.53. The van der Waals surface area contributed by atoms with E-state index in [0.29, 0.717) is 5.92 Å². The van der Waals surface area contributed by atoms with Crippen molar-refractivity contribution < 1.29 is 4.74 Å². The molecule has 2 rings (SSSR count). The van der Waals surface area contributed by atoms with Crippen molar-refractivity contribution in [2.75, 3.05) is 7.11 Å². The van der Waals surface area contributed by atoms with Gasteiger partial charge in [0.15, 0.2) is 0 Å². The average molecular weight is 197 g/mol. The first kappa shape index (κ1) is 8.89. The fraction of sp³-hybridized carbons (Fsp3) is 0.455. The summed E-state index contributed by atoms with van der Waals surface area (Å²) < 4.78 is 5.10. The van der Waals surface area contributed by atoms with E-state index in [4.69, 9.17) is 16.3 Å². The van der Waals surface area contributed by atoms with Crippen LogP contribution >= 0.6 is 11.6 Å².